The van der Waals surface area contributed by atoms with Crippen LogP contribution in [0.15, 0.2) is 0 Å². The van der Waals surface area contributed by atoms with Crippen LogP contribution in [-0.4, -0.2) is 49.8 Å². The van der Waals surface area contributed by atoms with Crippen molar-refractivity contribution in [2.45, 2.75) is 37.8 Å². The molecule has 86 valence electrons. The zero-order chi connectivity index (χ0) is 10.7. The minimum atomic E-state index is -0.0704. The van der Waals surface area contributed by atoms with Gasteiger partial charge in [0.05, 0.1) is 7.11 Å². The molecule has 2 aliphatic heterocycles. The Kier molecular flexibility index (Phi) is 3.59. The third-order valence-corrected chi connectivity index (χ3v) is 3.43. The zero-order valence-corrected chi connectivity index (χ0v) is 9.28. The highest BCUT2D eigenvalue weighted by Crippen LogP contribution is 2.25. The molecule has 2 fully saturated rings. The molecule has 0 aromatic carbocycles. The molecule has 2 saturated heterocycles. The first-order chi connectivity index (χ1) is 7.33. The summed E-state index contributed by atoms with van der Waals surface area (Å²) in [5.74, 6) is -0.0704. The summed E-state index contributed by atoms with van der Waals surface area (Å²) in [5.41, 5.74) is 0. The maximum atomic E-state index is 11.6. The Labute approximate surface area is 90.5 Å². The minimum Gasteiger partial charge on any atom is -0.468 e. The number of ether oxygens (including phenoxy) is 2. The smallest absolute Gasteiger partial charge is 0.323 e. The molecule has 1 atom stereocenters. The number of carbonyl (C=O) groups excluding carboxylic acids is 1. The topological polar surface area (TPSA) is 38.8 Å². The van der Waals surface area contributed by atoms with Crippen LogP contribution in [0.2, 0.25) is 0 Å². The van der Waals surface area contributed by atoms with Crippen LogP contribution in [0.3, 0.4) is 0 Å². The molecule has 0 radical (unpaired) electrons. The zero-order valence-electron chi connectivity index (χ0n) is 9.28. The molecule has 0 saturated carbocycles. The maximum Gasteiger partial charge on any atom is 0.323 e. The number of esters is 1. The van der Waals surface area contributed by atoms with Crippen LogP contribution in [0.25, 0.3) is 0 Å². The van der Waals surface area contributed by atoms with E-state index in [9.17, 15) is 4.79 Å². The fourth-order valence-corrected chi connectivity index (χ4v) is 2.63. The Morgan fingerprint density at radius 1 is 1.33 bits per heavy atom. The molecule has 0 unspecified atom stereocenters. The van der Waals surface area contributed by atoms with E-state index in [-0.39, 0.29) is 12.0 Å². The highest BCUT2D eigenvalue weighted by molar-refractivity contribution is 5.76. The summed E-state index contributed by atoms with van der Waals surface area (Å²) in [6.07, 6.45) is 4.15. The van der Waals surface area contributed by atoms with Crippen molar-refractivity contribution >= 4 is 5.97 Å². The second-order valence-corrected chi connectivity index (χ2v) is 4.26. The Balaban J connectivity index is 1.97. The van der Waals surface area contributed by atoms with Crippen LogP contribution in [0.5, 0.6) is 0 Å². The van der Waals surface area contributed by atoms with Crippen molar-refractivity contribution in [3.63, 3.8) is 0 Å². The molecule has 2 heterocycles. The van der Waals surface area contributed by atoms with E-state index in [1.807, 2.05) is 0 Å². The van der Waals surface area contributed by atoms with Gasteiger partial charge in [-0.15, -0.1) is 0 Å². The highest BCUT2D eigenvalue weighted by atomic mass is 16.5. The van der Waals surface area contributed by atoms with Gasteiger partial charge in [0.25, 0.3) is 0 Å². The van der Waals surface area contributed by atoms with Gasteiger partial charge in [-0.05, 0) is 32.2 Å². The number of hydrogen-bond donors (Lipinski definition) is 0. The van der Waals surface area contributed by atoms with Crippen LogP contribution >= 0.6 is 0 Å². The van der Waals surface area contributed by atoms with E-state index >= 15 is 0 Å². The van der Waals surface area contributed by atoms with E-state index in [0.717, 1.165) is 45.4 Å². The summed E-state index contributed by atoms with van der Waals surface area (Å²) < 4.78 is 10.2. The summed E-state index contributed by atoms with van der Waals surface area (Å²) in [6, 6.07) is 0.517. The van der Waals surface area contributed by atoms with E-state index in [0.29, 0.717) is 6.04 Å². The highest BCUT2D eigenvalue weighted by Gasteiger charge is 2.36. The average molecular weight is 213 g/mol. The lowest BCUT2D eigenvalue weighted by Crippen LogP contribution is -2.46. The van der Waals surface area contributed by atoms with Crippen molar-refractivity contribution in [2.24, 2.45) is 0 Å². The summed E-state index contributed by atoms with van der Waals surface area (Å²) in [4.78, 5) is 13.9. The molecule has 0 amide bonds. The number of rotatable bonds is 2. The molecule has 0 spiro atoms. The largest absolute Gasteiger partial charge is 0.468 e. The SMILES string of the molecule is COC(=O)[C@@H]1CCCN1C1CCOCC1. The van der Waals surface area contributed by atoms with E-state index in [1.54, 1.807) is 0 Å². The second kappa shape index (κ2) is 4.94. The number of likely N-dealkylation sites (tertiary alicyclic amines) is 1. The Hall–Kier alpha value is -0.610. The molecular formula is C11H19NO3. The molecule has 4 heteroatoms. The van der Waals surface area contributed by atoms with Gasteiger partial charge in [-0.3, -0.25) is 9.69 Å². The van der Waals surface area contributed by atoms with Gasteiger partial charge in [-0.1, -0.05) is 0 Å². The van der Waals surface area contributed by atoms with Crippen LogP contribution in [0, 0.1) is 0 Å². The Bertz CT molecular complexity index is 226. The van der Waals surface area contributed by atoms with Gasteiger partial charge in [0.1, 0.15) is 6.04 Å². The maximum absolute atomic E-state index is 11.6. The first-order valence-corrected chi connectivity index (χ1v) is 5.74. The molecule has 0 N–H and O–H groups in total. The summed E-state index contributed by atoms with van der Waals surface area (Å²) in [7, 11) is 1.48. The molecule has 15 heavy (non-hydrogen) atoms. The molecule has 0 aliphatic carbocycles. The minimum absolute atomic E-state index is 0.00176. The average Bonchev–Trinajstić information content (AvgIpc) is 2.78. The molecule has 2 aliphatic rings. The number of nitrogens with zero attached hydrogens (tertiary/aromatic N) is 1. The molecule has 2 rings (SSSR count). The fraction of sp³-hybridized carbons (Fsp3) is 0.909. The van der Waals surface area contributed by atoms with Gasteiger partial charge in [0.15, 0.2) is 0 Å². The lowest BCUT2D eigenvalue weighted by atomic mass is 10.1. The quantitative estimate of drug-likeness (QED) is 0.636. The molecule has 0 aromatic heterocycles. The lowest BCUT2D eigenvalue weighted by molar-refractivity contribution is -0.147. The van der Waals surface area contributed by atoms with Crippen LogP contribution < -0.4 is 0 Å². The van der Waals surface area contributed by atoms with Crippen molar-refractivity contribution in [3.8, 4) is 0 Å². The number of methoxy groups -OCH3 is 1. The molecule has 4 nitrogen and oxygen atoms in total. The van der Waals surface area contributed by atoms with Crippen LogP contribution in [0.4, 0.5) is 0 Å². The monoisotopic (exact) mass is 213 g/mol. The number of carbonyl (C=O) groups is 1. The summed E-state index contributed by atoms with van der Waals surface area (Å²) in [6.45, 7) is 2.69. The third-order valence-electron chi connectivity index (χ3n) is 3.43. The predicted molar refractivity (Wildman–Crippen MR) is 55.6 cm³/mol. The molecule has 0 bridgehead atoms. The Morgan fingerprint density at radius 3 is 2.73 bits per heavy atom. The van der Waals surface area contributed by atoms with Crippen molar-refractivity contribution in [1.82, 2.24) is 4.90 Å². The van der Waals surface area contributed by atoms with Gasteiger partial charge >= 0.3 is 5.97 Å². The summed E-state index contributed by atoms with van der Waals surface area (Å²) >= 11 is 0. The third kappa shape index (κ3) is 2.32. The summed E-state index contributed by atoms with van der Waals surface area (Å²) in [5, 5.41) is 0. The van der Waals surface area contributed by atoms with Gasteiger partial charge < -0.3 is 9.47 Å². The lowest BCUT2D eigenvalue weighted by Gasteiger charge is -2.34. The normalized spacial score (nSPS) is 29.3. The number of hydrogen-bond acceptors (Lipinski definition) is 4. The molecular weight excluding hydrogens is 194 g/mol. The van der Waals surface area contributed by atoms with Crippen molar-refractivity contribution in [3.05, 3.63) is 0 Å². The first kappa shape index (κ1) is 10.9. The van der Waals surface area contributed by atoms with E-state index in [1.165, 1.54) is 7.11 Å². The van der Waals surface area contributed by atoms with Crippen molar-refractivity contribution < 1.29 is 14.3 Å². The predicted octanol–water partition coefficient (Wildman–Crippen LogP) is 0.803. The van der Waals surface area contributed by atoms with E-state index in [2.05, 4.69) is 4.90 Å². The van der Waals surface area contributed by atoms with E-state index in [4.69, 9.17) is 9.47 Å². The van der Waals surface area contributed by atoms with E-state index < -0.39 is 0 Å². The fourth-order valence-electron chi connectivity index (χ4n) is 2.63. The van der Waals surface area contributed by atoms with Gasteiger partial charge in [0, 0.05) is 19.3 Å². The van der Waals surface area contributed by atoms with Crippen LogP contribution in [-0.2, 0) is 14.3 Å². The van der Waals surface area contributed by atoms with Crippen molar-refractivity contribution in [2.75, 3.05) is 26.9 Å². The van der Waals surface area contributed by atoms with Gasteiger partial charge in [-0.2, -0.15) is 0 Å². The Morgan fingerprint density at radius 2 is 2.07 bits per heavy atom. The van der Waals surface area contributed by atoms with Crippen LogP contribution in [0.1, 0.15) is 25.7 Å². The first-order valence-electron chi connectivity index (χ1n) is 5.74. The van der Waals surface area contributed by atoms with Gasteiger partial charge in [0.2, 0.25) is 0 Å². The second-order valence-electron chi connectivity index (χ2n) is 4.26. The van der Waals surface area contributed by atoms with Gasteiger partial charge in [-0.25, -0.2) is 0 Å². The van der Waals surface area contributed by atoms with Crippen molar-refractivity contribution in [1.29, 1.82) is 0 Å². The standard InChI is InChI=1S/C11H19NO3/c1-14-11(13)10-3-2-6-12(10)9-4-7-15-8-5-9/h9-10H,2-8H2,1H3/t10-/m0/s1. The molecule has 0 aromatic rings.